The molecule has 0 saturated heterocycles. The Morgan fingerprint density at radius 3 is 2.46 bits per heavy atom. The maximum absolute atomic E-state index is 12.5. The van der Waals surface area contributed by atoms with Crippen molar-refractivity contribution in [3.63, 3.8) is 0 Å². The highest BCUT2D eigenvalue weighted by Crippen LogP contribution is 2.27. The molecule has 0 aliphatic heterocycles. The highest BCUT2D eigenvalue weighted by atomic mass is 19.4. The van der Waals surface area contributed by atoms with Crippen LogP contribution in [0.2, 0.25) is 0 Å². The van der Waals surface area contributed by atoms with Gasteiger partial charge in [-0.25, -0.2) is 0 Å². The van der Waals surface area contributed by atoms with Crippen molar-refractivity contribution < 1.29 is 32.2 Å². The van der Waals surface area contributed by atoms with E-state index in [1.54, 1.807) is 26.2 Å². The number of likely N-dealkylation sites (N-methyl/N-ethyl adjacent to an activating group) is 1. The SMILES string of the molecule is CN(C)C(=O)COc1cccc(C(=O)/C=C/c2ccccc2OC(F)(F)F)c1. The summed E-state index contributed by atoms with van der Waals surface area (Å²) in [5, 5.41) is 0. The van der Waals surface area contributed by atoms with E-state index in [2.05, 4.69) is 4.74 Å². The van der Waals surface area contributed by atoms with Gasteiger partial charge in [0.15, 0.2) is 12.4 Å². The molecule has 2 aromatic rings. The normalized spacial score (nSPS) is 11.3. The van der Waals surface area contributed by atoms with Crippen LogP contribution in [0.15, 0.2) is 54.6 Å². The second-order valence-corrected chi connectivity index (χ2v) is 5.89. The molecule has 0 unspecified atom stereocenters. The smallest absolute Gasteiger partial charge is 0.484 e. The molecular formula is C20H18F3NO4. The molecular weight excluding hydrogens is 375 g/mol. The Balaban J connectivity index is 2.11. The van der Waals surface area contributed by atoms with E-state index in [4.69, 9.17) is 4.74 Å². The van der Waals surface area contributed by atoms with Crippen LogP contribution in [0.25, 0.3) is 6.08 Å². The zero-order valence-corrected chi connectivity index (χ0v) is 15.2. The van der Waals surface area contributed by atoms with Crippen molar-refractivity contribution in [3.05, 3.63) is 65.7 Å². The molecule has 0 bridgehead atoms. The fourth-order valence-electron chi connectivity index (χ4n) is 2.11. The van der Waals surface area contributed by atoms with E-state index in [0.29, 0.717) is 5.75 Å². The quantitative estimate of drug-likeness (QED) is 0.528. The minimum Gasteiger partial charge on any atom is -0.484 e. The molecule has 5 nitrogen and oxygen atoms in total. The van der Waals surface area contributed by atoms with E-state index >= 15 is 0 Å². The van der Waals surface area contributed by atoms with Crippen molar-refractivity contribution in [2.75, 3.05) is 20.7 Å². The Hall–Kier alpha value is -3.29. The summed E-state index contributed by atoms with van der Waals surface area (Å²) < 4.78 is 46.7. The average Bonchev–Trinajstić information content (AvgIpc) is 2.64. The van der Waals surface area contributed by atoms with Gasteiger partial charge in [0.1, 0.15) is 11.5 Å². The van der Waals surface area contributed by atoms with Crippen molar-refractivity contribution in [1.82, 2.24) is 4.90 Å². The van der Waals surface area contributed by atoms with Gasteiger partial charge in [-0.2, -0.15) is 0 Å². The Bertz CT molecular complexity index is 876. The van der Waals surface area contributed by atoms with E-state index in [1.807, 2.05) is 0 Å². The number of halogens is 3. The zero-order chi connectivity index (χ0) is 20.7. The van der Waals surface area contributed by atoms with Crippen LogP contribution in [-0.4, -0.2) is 43.7 Å². The van der Waals surface area contributed by atoms with Gasteiger partial charge in [0.25, 0.3) is 5.91 Å². The van der Waals surface area contributed by atoms with Crippen molar-refractivity contribution in [1.29, 1.82) is 0 Å². The molecule has 0 fully saturated rings. The third kappa shape index (κ3) is 6.46. The maximum atomic E-state index is 12.5. The number of amides is 1. The number of para-hydroxylation sites is 1. The van der Waals surface area contributed by atoms with E-state index in [-0.39, 0.29) is 23.6 Å². The first-order valence-electron chi connectivity index (χ1n) is 8.16. The van der Waals surface area contributed by atoms with E-state index in [9.17, 15) is 22.8 Å². The van der Waals surface area contributed by atoms with Gasteiger partial charge in [0, 0.05) is 25.2 Å². The lowest BCUT2D eigenvalue weighted by atomic mass is 10.1. The second-order valence-electron chi connectivity index (χ2n) is 5.89. The van der Waals surface area contributed by atoms with Crippen LogP contribution >= 0.6 is 0 Å². The molecule has 8 heteroatoms. The molecule has 0 heterocycles. The van der Waals surface area contributed by atoms with E-state index < -0.39 is 17.9 Å². The van der Waals surface area contributed by atoms with Gasteiger partial charge in [-0.15, -0.1) is 13.2 Å². The summed E-state index contributed by atoms with van der Waals surface area (Å²) in [5.41, 5.74) is 0.373. The van der Waals surface area contributed by atoms with Crippen LogP contribution in [0, 0.1) is 0 Å². The van der Waals surface area contributed by atoms with Crippen molar-refractivity contribution in [2.45, 2.75) is 6.36 Å². The number of nitrogens with zero attached hydrogens (tertiary/aromatic N) is 1. The monoisotopic (exact) mass is 393 g/mol. The van der Waals surface area contributed by atoms with Crippen LogP contribution in [0.1, 0.15) is 15.9 Å². The van der Waals surface area contributed by atoms with Gasteiger partial charge >= 0.3 is 6.36 Å². The number of carbonyl (C=O) groups excluding carboxylic acids is 2. The lowest BCUT2D eigenvalue weighted by Gasteiger charge is -2.11. The standard InChI is InChI=1S/C20H18F3NO4/c1-24(2)19(26)13-27-16-8-5-7-15(12-16)17(25)11-10-14-6-3-4-9-18(14)28-20(21,22)23/h3-12H,13H2,1-2H3/b11-10+. The first-order chi connectivity index (χ1) is 13.2. The summed E-state index contributed by atoms with van der Waals surface area (Å²) in [6.07, 6.45) is -2.45. The number of ether oxygens (including phenoxy) is 2. The van der Waals surface area contributed by atoms with Crippen LogP contribution < -0.4 is 9.47 Å². The molecule has 0 aliphatic rings. The number of benzene rings is 2. The zero-order valence-electron chi connectivity index (χ0n) is 15.2. The third-order valence-corrected chi connectivity index (χ3v) is 3.54. The molecule has 0 aliphatic carbocycles. The van der Waals surface area contributed by atoms with Gasteiger partial charge in [-0.1, -0.05) is 30.3 Å². The number of rotatable bonds is 7. The second kappa shape index (κ2) is 9.07. The van der Waals surface area contributed by atoms with Crippen LogP contribution in [0.4, 0.5) is 13.2 Å². The summed E-state index contributed by atoms with van der Waals surface area (Å²) in [6, 6.07) is 11.6. The number of allylic oxidation sites excluding steroid dienone is 1. The highest BCUT2D eigenvalue weighted by Gasteiger charge is 2.31. The number of alkyl halides is 3. The number of hydrogen-bond acceptors (Lipinski definition) is 4. The minimum absolute atomic E-state index is 0.108. The Morgan fingerprint density at radius 2 is 1.79 bits per heavy atom. The Labute approximate surface area is 160 Å². The molecule has 0 N–H and O–H groups in total. The molecule has 2 rings (SSSR count). The molecule has 0 spiro atoms. The highest BCUT2D eigenvalue weighted by molar-refractivity contribution is 6.07. The molecule has 28 heavy (non-hydrogen) atoms. The lowest BCUT2D eigenvalue weighted by molar-refractivity contribution is -0.274. The van der Waals surface area contributed by atoms with Crippen LogP contribution in [-0.2, 0) is 4.79 Å². The predicted molar refractivity (Wildman–Crippen MR) is 97.1 cm³/mol. The fourth-order valence-corrected chi connectivity index (χ4v) is 2.11. The number of carbonyl (C=O) groups is 2. The van der Waals surface area contributed by atoms with Crippen molar-refractivity contribution in [2.24, 2.45) is 0 Å². The van der Waals surface area contributed by atoms with E-state index in [0.717, 1.165) is 12.1 Å². The maximum Gasteiger partial charge on any atom is 0.573 e. The van der Waals surface area contributed by atoms with Crippen LogP contribution in [0.5, 0.6) is 11.5 Å². The fraction of sp³-hybridized carbons (Fsp3) is 0.200. The summed E-state index contributed by atoms with van der Waals surface area (Å²) in [5.74, 6) is -0.752. The largest absolute Gasteiger partial charge is 0.573 e. The molecule has 2 aromatic carbocycles. The van der Waals surface area contributed by atoms with Gasteiger partial charge in [-0.3, -0.25) is 9.59 Å². The molecule has 0 atom stereocenters. The van der Waals surface area contributed by atoms with Gasteiger partial charge in [0.2, 0.25) is 0 Å². The lowest BCUT2D eigenvalue weighted by Crippen LogP contribution is -2.27. The summed E-state index contributed by atoms with van der Waals surface area (Å²) in [4.78, 5) is 25.3. The molecule has 1 amide bonds. The first kappa shape index (κ1) is 21.0. The Morgan fingerprint density at radius 1 is 1.07 bits per heavy atom. The molecule has 0 radical (unpaired) electrons. The third-order valence-electron chi connectivity index (χ3n) is 3.54. The number of hydrogen-bond donors (Lipinski definition) is 0. The predicted octanol–water partition coefficient (Wildman–Crippen LogP) is 3.95. The number of ketones is 1. The molecule has 0 aromatic heterocycles. The van der Waals surface area contributed by atoms with Gasteiger partial charge in [0.05, 0.1) is 0 Å². The Kier molecular flexibility index (Phi) is 6.81. The molecule has 0 saturated carbocycles. The van der Waals surface area contributed by atoms with Crippen molar-refractivity contribution in [3.8, 4) is 11.5 Å². The minimum atomic E-state index is -4.83. The molecule has 148 valence electrons. The van der Waals surface area contributed by atoms with Crippen molar-refractivity contribution >= 4 is 17.8 Å². The van der Waals surface area contributed by atoms with Crippen LogP contribution in [0.3, 0.4) is 0 Å². The summed E-state index contributed by atoms with van der Waals surface area (Å²) in [6.45, 7) is -0.178. The average molecular weight is 393 g/mol. The van der Waals surface area contributed by atoms with E-state index in [1.165, 1.54) is 41.3 Å². The van der Waals surface area contributed by atoms with Gasteiger partial charge in [-0.05, 0) is 30.4 Å². The van der Waals surface area contributed by atoms with Gasteiger partial charge < -0.3 is 14.4 Å². The summed E-state index contributed by atoms with van der Waals surface area (Å²) in [7, 11) is 3.19. The topological polar surface area (TPSA) is 55.8 Å². The summed E-state index contributed by atoms with van der Waals surface area (Å²) >= 11 is 0. The first-order valence-corrected chi connectivity index (χ1v) is 8.16.